The third-order valence-corrected chi connectivity index (χ3v) is 3.36. The van der Waals surface area contributed by atoms with Gasteiger partial charge in [-0.25, -0.2) is 4.79 Å². The first-order chi connectivity index (χ1) is 10.1. The molecule has 21 heavy (non-hydrogen) atoms. The molecule has 0 amide bonds. The van der Waals surface area contributed by atoms with Crippen molar-refractivity contribution in [3.63, 3.8) is 0 Å². The average molecular weight is 347 g/mol. The Hall–Kier alpha value is -2.07. The minimum Gasteiger partial charge on any atom is -0.478 e. The van der Waals surface area contributed by atoms with Gasteiger partial charge in [-0.05, 0) is 29.8 Å². The molecule has 0 saturated heterocycles. The van der Waals surface area contributed by atoms with Crippen molar-refractivity contribution in [3.8, 4) is 5.75 Å². The molecule has 0 bridgehead atoms. The van der Waals surface area contributed by atoms with Crippen molar-refractivity contribution in [1.29, 1.82) is 0 Å². The van der Waals surface area contributed by atoms with E-state index in [1.807, 2.05) is 54.6 Å². The summed E-state index contributed by atoms with van der Waals surface area (Å²) in [6.07, 6.45) is 3.11. The van der Waals surface area contributed by atoms with E-state index < -0.39 is 12.1 Å². The lowest BCUT2D eigenvalue weighted by molar-refractivity contribution is -0.144. The molecule has 0 aliphatic carbocycles. The van der Waals surface area contributed by atoms with Gasteiger partial charge in [0.2, 0.25) is 0 Å². The maximum atomic E-state index is 11.2. The van der Waals surface area contributed by atoms with Crippen LogP contribution in [0.5, 0.6) is 5.75 Å². The normalized spacial score (nSPS) is 12.2. The van der Waals surface area contributed by atoms with E-state index in [0.717, 1.165) is 10.0 Å². The predicted molar refractivity (Wildman–Crippen MR) is 86.3 cm³/mol. The zero-order valence-electron chi connectivity index (χ0n) is 11.3. The van der Waals surface area contributed by atoms with Crippen molar-refractivity contribution < 1.29 is 14.6 Å². The molecule has 108 valence electrons. The Morgan fingerprint density at radius 1 is 1.14 bits per heavy atom. The molecule has 3 nitrogen and oxygen atoms in total. The monoisotopic (exact) mass is 346 g/mol. The number of rotatable bonds is 6. The first-order valence-corrected chi connectivity index (χ1v) is 7.31. The van der Waals surface area contributed by atoms with Gasteiger partial charge in [-0.3, -0.25) is 0 Å². The van der Waals surface area contributed by atoms with Crippen LogP contribution in [0.1, 0.15) is 12.0 Å². The topological polar surface area (TPSA) is 46.5 Å². The summed E-state index contributed by atoms with van der Waals surface area (Å²) in [6, 6.07) is 16.8. The number of halogens is 1. The molecular formula is C17H15BrO3. The third kappa shape index (κ3) is 5.08. The molecular weight excluding hydrogens is 332 g/mol. The Morgan fingerprint density at radius 2 is 1.81 bits per heavy atom. The number of ether oxygens (including phenoxy) is 1. The molecule has 0 radical (unpaired) electrons. The lowest BCUT2D eigenvalue weighted by atomic mass is 10.1. The van der Waals surface area contributed by atoms with E-state index >= 15 is 0 Å². The van der Waals surface area contributed by atoms with E-state index in [1.165, 1.54) is 0 Å². The van der Waals surface area contributed by atoms with Crippen LogP contribution in [0.3, 0.4) is 0 Å². The van der Waals surface area contributed by atoms with Crippen molar-refractivity contribution in [2.75, 3.05) is 0 Å². The molecule has 0 fully saturated rings. The highest BCUT2D eigenvalue weighted by atomic mass is 79.9. The minimum atomic E-state index is -0.976. The van der Waals surface area contributed by atoms with Crippen LogP contribution < -0.4 is 4.74 Å². The van der Waals surface area contributed by atoms with Crippen LogP contribution in [0, 0.1) is 0 Å². The second-order valence-corrected chi connectivity index (χ2v) is 5.36. The van der Waals surface area contributed by atoms with Crippen LogP contribution in [-0.2, 0) is 4.79 Å². The minimum absolute atomic E-state index is 0.306. The van der Waals surface area contributed by atoms with Crippen LogP contribution in [0.2, 0.25) is 0 Å². The number of hydrogen-bond donors (Lipinski definition) is 1. The number of carbonyl (C=O) groups is 1. The second-order valence-electron chi connectivity index (χ2n) is 4.45. The van der Waals surface area contributed by atoms with Gasteiger partial charge in [0.25, 0.3) is 0 Å². The van der Waals surface area contributed by atoms with Gasteiger partial charge in [-0.2, -0.15) is 0 Å². The van der Waals surface area contributed by atoms with Gasteiger partial charge in [0, 0.05) is 10.9 Å². The fourth-order valence-electron chi connectivity index (χ4n) is 1.77. The predicted octanol–water partition coefficient (Wildman–Crippen LogP) is 4.38. The molecule has 0 spiro atoms. The number of hydrogen-bond acceptors (Lipinski definition) is 2. The van der Waals surface area contributed by atoms with Crippen molar-refractivity contribution in [3.05, 3.63) is 70.7 Å². The summed E-state index contributed by atoms with van der Waals surface area (Å²) in [7, 11) is 0. The Morgan fingerprint density at radius 3 is 2.43 bits per heavy atom. The van der Waals surface area contributed by atoms with E-state index in [1.54, 1.807) is 12.1 Å². The van der Waals surface area contributed by atoms with Crippen molar-refractivity contribution >= 4 is 28.0 Å². The average Bonchev–Trinajstić information content (AvgIpc) is 2.49. The Balaban J connectivity index is 1.98. The van der Waals surface area contributed by atoms with Gasteiger partial charge in [0.1, 0.15) is 5.75 Å². The summed E-state index contributed by atoms with van der Waals surface area (Å²) in [6.45, 7) is 0. The molecule has 1 N–H and O–H groups in total. The van der Waals surface area contributed by atoms with Crippen LogP contribution in [0.4, 0.5) is 0 Å². The zero-order valence-corrected chi connectivity index (χ0v) is 12.9. The summed E-state index contributed by atoms with van der Waals surface area (Å²) >= 11 is 3.33. The molecule has 0 aromatic heterocycles. The molecule has 2 rings (SSSR count). The van der Waals surface area contributed by atoms with Gasteiger partial charge >= 0.3 is 5.97 Å². The van der Waals surface area contributed by atoms with Gasteiger partial charge in [-0.1, -0.05) is 58.4 Å². The van der Waals surface area contributed by atoms with Crippen LogP contribution in [0.15, 0.2) is 65.1 Å². The maximum Gasteiger partial charge on any atom is 0.345 e. The lowest BCUT2D eigenvalue weighted by Crippen LogP contribution is -2.26. The number of benzene rings is 2. The molecule has 0 saturated carbocycles. The second kappa shape index (κ2) is 7.64. The smallest absolute Gasteiger partial charge is 0.345 e. The van der Waals surface area contributed by atoms with Crippen molar-refractivity contribution in [1.82, 2.24) is 0 Å². The number of carboxylic acids is 1. The van der Waals surface area contributed by atoms with Crippen LogP contribution >= 0.6 is 15.9 Å². The molecule has 0 heterocycles. The largest absolute Gasteiger partial charge is 0.478 e. The summed E-state index contributed by atoms with van der Waals surface area (Å²) in [5.41, 5.74) is 1.03. The first kappa shape index (κ1) is 15.3. The molecule has 1 atom stereocenters. The van der Waals surface area contributed by atoms with Crippen LogP contribution in [-0.4, -0.2) is 17.2 Å². The summed E-state index contributed by atoms with van der Waals surface area (Å²) in [5, 5.41) is 9.22. The van der Waals surface area contributed by atoms with E-state index in [-0.39, 0.29) is 0 Å². The first-order valence-electron chi connectivity index (χ1n) is 6.52. The van der Waals surface area contributed by atoms with E-state index in [2.05, 4.69) is 15.9 Å². The van der Waals surface area contributed by atoms with Gasteiger partial charge in [0.05, 0.1) is 0 Å². The van der Waals surface area contributed by atoms with E-state index in [4.69, 9.17) is 4.74 Å². The summed E-state index contributed by atoms with van der Waals surface area (Å²) < 4.78 is 6.42. The highest BCUT2D eigenvalue weighted by Crippen LogP contribution is 2.18. The van der Waals surface area contributed by atoms with Crippen molar-refractivity contribution in [2.45, 2.75) is 12.5 Å². The van der Waals surface area contributed by atoms with Crippen LogP contribution in [0.25, 0.3) is 6.08 Å². The highest BCUT2D eigenvalue weighted by Gasteiger charge is 2.17. The van der Waals surface area contributed by atoms with Crippen molar-refractivity contribution in [2.24, 2.45) is 0 Å². The molecule has 2 aromatic carbocycles. The molecule has 2 aromatic rings. The quantitative estimate of drug-likeness (QED) is 0.843. The fourth-order valence-corrected chi connectivity index (χ4v) is 2.03. The SMILES string of the molecule is O=C(O)[C@H](C/C=C/c1ccccc1)Oc1ccc(Br)cc1. The molecule has 0 unspecified atom stereocenters. The Kier molecular flexibility index (Phi) is 5.58. The number of carboxylic acid groups (broad SMARTS) is 1. The highest BCUT2D eigenvalue weighted by molar-refractivity contribution is 9.10. The van der Waals surface area contributed by atoms with Gasteiger partial charge in [-0.15, -0.1) is 0 Å². The van der Waals surface area contributed by atoms with E-state index in [0.29, 0.717) is 12.2 Å². The van der Waals surface area contributed by atoms with Gasteiger partial charge in [0.15, 0.2) is 6.10 Å². The summed E-state index contributed by atoms with van der Waals surface area (Å²) in [5.74, 6) is -0.436. The zero-order chi connectivity index (χ0) is 15.1. The fraction of sp³-hybridized carbons (Fsp3) is 0.118. The molecule has 0 aliphatic heterocycles. The lowest BCUT2D eigenvalue weighted by Gasteiger charge is -2.13. The summed E-state index contributed by atoms with van der Waals surface area (Å²) in [4.78, 5) is 11.2. The van der Waals surface area contributed by atoms with E-state index in [9.17, 15) is 9.90 Å². The standard InChI is InChI=1S/C17H15BrO3/c18-14-9-11-15(12-10-14)21-16(17(19)20)8-4-7-13-5-2-1-3-6-13/h1-7,9-12,16H,8H2,(H,19,20)/b7-4+/t16-/m0/s1. The Bertz CT molecular complexity index is 606. The van der Waals surface area contributed by atoms with Gasteiger partial charge < -0.3 is 9.84 Å². The number of aliphatic carboxylic acids is 1. The third-order valence-electron chi connectivity index (χ3n) is 2.83. The molecule has 0 aliphatic rings. The molecule has 4 heteroatoms. The maximum absolute atomic E-state index is 11.2. The Labute approximate surface area is 132 Å².